The summed E-state index contributed by atoms with van der Waals surface area (Å²) in [6, 6.07) is 3.02. The van der Waals surface area contributed by atoms with Crippen LogP contribution in [0.4, 0.5) is 0 Å². The molecular weight excluding hydrogens is 462 g/mol. The molecule has 2 heterocycles. The van der Waals surface area contributed by atoms with E-state index in [2.05, 4.69) is 5.16 Å². The van der Waals surface area contributed by atoms with Crippen LogP contribution in [0.25, 0.3) is 0 Å². The summed E-state index contributed by atoms with van der Waals surface area (Å²) in [5.41, 5.74) is -2.50. The zero-order valence-corrected chi connectivity index (χ0v) is 18.5. The van der Waals surface area contributed by atoms with Gasteiger partial charge in [0.05, 0.1) is 18.4 Å². The fourth-order valence-electron chi connectivity index (χ4n) is 3.29. The summed E-state index contributed by atoms with van der Waals surface area (Å²) in [4.78, 5) is 41.7. The Morgan fingerprint density at radius 2 is 1.94 bits per heavy atom. The molecule has 0 bridgehead atoms. The Bertz CT molecular complexity index is 876. The number of pyridine rings is 1. The summed E-state index contributed by atoms with van der Waals surface area (Å²) in [6.07, 6.45) is 2.35. The Labute approximate surface area is 194 Å². The van der Waals surface area contributed by atoms with Gasteiger partial charge in [0.2, 0.25) is 0 Å². The summed E-state index contributed by atoms with van der Waals surface area (Å²) in [6.45, 7) is 1.55. The fraction of sp³-hybridized carbons (Fsp3) is 0.550. The normalized spacial score (nSPS) is 17.6. The third-order valence-electron chi connectivity index (χ3n) is 4.91. The molecule has 1 aromatic rings. The maximum atomic E-state index is 12.3. The first-order valence-electron chi connectivity index (χ1n) is 10.2. The van der Waals surface area contributed by atoms with E-state index in [4.69, 9.17) is 31.4 Å². The van der Waals surface area contributed by atoms with E-state index in [1.165, 1.54) is 18.5 Å². The molecule has 0 spiro atoms. The number of ether oxygens (including phenoxy) is 1. The van der Waals surface area contributed by atoms with Crippen molar-refractivity contribution in [1.82, 2.24) is 4.90 Å². The van der Waals surface area contributed by atoms with Gasteiger partial charge in [-0.05, 0) is 32.0 Å². The van der Waals surface area contributed by atoms with Crippen LogP contribution >= 0.6 is 11.6 Å². The highest BCUT2D eigenvalue weighted by molar-refractivity contribution is 6.69. The summed E-state index contributed by atoms with van der Waals surface area (Å²) in [7, 11) is 0. The maximum absolute atomic E-state index is 12.3. The minimum absolute atomic E-state index is 0.107. The number of aliphatic hydroxyl groups is 1. The van der Waals surface area contributed by atoms with Gasteiger partial charge in [-0.15, -0.1) is 0 Å². The van der Waals surface area contributed by atoms with Crippen LogP contribution in [0.15, 0.2) is 29.7 Å². The van der Waals surface area contributed by atoms with Crippen molar-refractivity contribution in [2.75, 3.05) is 26.2 Å². The molecule has 1 fully saturated rings. The zero-order valence-electron chi connectivity index (χ0n) is 17.8. The molecule has 2 rings (SSSR count). The van der Waals surface area contributed by atoms with Crippen molar-refractivity contribution in [3.05, 3.63) is 35.3 Å². The molecule has 12 nitrogen and oxygen atoms in total. The molecule has 3 N–H and O–H groups in total. The number of carbonyl (C=O) groups is 3. The maximum Gasteiger partial charge on any atom is 0.336 e. The van der Waals surface area contributed by atoms with E-state index >= 15 is 0 Å². The van der Waals surface area contributed by atoms with E-state index in [1.807, 2.05) is 4.90 Å². The molecule has 1 saturated heterocycles. The first-order valence-corrected chi connectivity index (χ1v) is 10.6. The van der Waals surface area contributed by atoms with Crippen molar-refractivity contribution in [2.24, 2.45) is 5.16 Å². The van der Waals surface area contributed by atoms with E-state index in [1.54, 1.807) is 6.07 Å². The van der Waals surface area contributed by atoms with E-state index in [9.17, 15) is 24.7 Å². The van der Waals surface area contributed by atoms with Gasteiger partial charge in [-0.3, -0.25) is 14.5 Å². The quantitative estimate of drug-likeness (QED) is 0.122. The van der Waals surface area contributed by atoms with Gasteiger partial charge in [0.15, 0.2) is 35.9 Å². The first kappa shape index (κ1) is 26.3. The Hall–Kier alpha value is -2.96. The van der Waals surface area contributed by atoms with Crippen LogP contribution in [0.2, 0.25) is 0 Å². The van der Waals surface area contributed by atoms with Crippen molar-refractivity contribution in [3.63, 3.8) is 0 Å². The van der Waals surface area contributed by atoms with Gasteiger partial charge in [0, 0.05) is 12.6 Å². The summed E-state index contributed by atoms with van der Waals surface area (Å²) in [5, 5.41) is 43.0. The molecule has 33 heavy (non-hydrogen) atoms. The number of aliphatic carboxylic acids is 2. The van der Waals surface area contributed by atoms with Gasteiger partial charge in [-0.2, -0.15) is 4.73 Å². The average molecular weight is 488 g/mol. The number of carbonyl (C=O) groups excluding carboxylic acids is 1. The first-order chi connectivity index (χ1) is 15.6. The lowest BCUT2D eigenvalue weighted by Crippen LogP contribution is -2.45. The van der Waals surface area contributed by atoms with Crippen molar-refractivity contribution in [3.8, 4) is 0 Å². The largest absolute Gasteiger partial charge is 0.619 e. The molecule has 0 saturated carbocycles. The number of carboxylic acids is 2. The number of carboxylic acid groups (broad SMARTS) is 2. The fourth-order valence-corrected chi connectivity index (χ4v) is 3.45. The Balaban J connectivity index is 2.04. The van der Waals surface area contributed by atoms with Crippen LogP contribution in [0.5, 0.6) is 0 Å². The van der Waals surface area contributed by atoms with Crippen LogP contribution in [0.3, 0.4) is 0 Å². The van der Waals surface area contributed by atoms with Crippen molar-refractivity contribution >= 4 is 34.7 Å². The smallest absolute Gasteiger partial charge is 0.336 e. The minimum Gasteiger partial charge on any atom is -0.619 e. The molecule has 13 heteroatoms. The molecule has 0 unspecified atom stereocenters. The highest BCUT2D eigenvalue weighted by atomic mass is 35.5. The van der Waals surface area contributed by atoms with Gasteiger partial charge >= 0.3 is 17.9 Å². The van der Waals surface area contributed by atoms with Gasteiger partial charge in [-0.1, -0.05) is 23.2 Å². The lowest BCUT2D eigenvalue weighted by atomic mass is 9.96. The minimum atomic E-state index is -2.80. The molecular formula is C20H26ClN3O9. The van der Waals surface area contributed by atoms with Crippen LogP contribution in [-0.4, -0.2) is 81.2 Å². The molecule has 0 aliphatic carbocycles. The number of aromatic nitrogens is 1. The van der Waals surface area contributed by atoms with Crippen LogP contribution in [-0.2, 0) is 24.0 Å². The number of piperidine rings is 1. The van der Waals surface area contributed by atoms with Crippen LogP contribution in [0.1, 0.15) is 37.7 Å². The van der Waals surface area contributed by atoms with Crippen molar-refractivity contribution < 1.29 is 44.0 Å². The topological polar surface area (TPSA) is 173 Å². The standard InChI is InChI=1S/C20H26ClN3O9/c21-18(14-5-4-8-24(31)11-14)22-32-13-15(12-23-6-2-1-3-7-23)33-17(27)10-20(30,19(28)29)9-16(25)26/h4-5,8,11,15,30H,1-3,6-7,9-10,12-13H2,(H,25,26)(H,28,29)/b22-18-/t15-,20-/m1/s1. The molecule has 2 atom stereocenters. The predicted octanol–water partition coefficient (Wildman–Crippen LogP) is 0.315. The molecule has 0 amide bonds. The Kier molecular flexibility index (Phi) is 9.82. The second kappa shape index (κ2) is 12.3. The van der Waals surface area contributed by atoms with E-state index in [0.717, 1.165) is 32.4 Å². The number of halogens is 1. The molecule has 0 aromatic carbocycles. The summed E-state index contributed by atoms with van der Waals surface area (Å²) < 4.78 is 5.84. The highest BCUT2D eigenvalue weighted by Gasteiger charge is 2.42. The van der Waals surface area contributed by atoms with Crippen LogP contribution < -0.4 is 4.73 Å². The summed E-state index contributed by atoms with van der Waals surface area (Å²) >= 11 is 6.03. The second-order valence-electron chi connectivity index (χ2n) is 7.69. The van der Waals surface area contributed by atoms with Gasteiger partial charge in [0.1, 0.15) is 0 Å². The van der Waals surface area contributed by atoms with Crippen molar-refractivity contribution in [2.45, 2.75) is 43.8 Å². The second-order valence-corrected chi connectivity index (χ2v) is 8.05. The van der Waals surface area contributed by atoms with Gasteiger partial charge < -0.3 is 30.1 Å². The number of likely N-dealkylation sites (tertiary alicyclic amines) is 1. The number of esters is 1. The molecule has 1 aliphatic heterocycles. The van der Waals surface area contributed by atoms with Gasteiger partial charge in [-0.25, -0.2) is 4.79 Å². The highest BCUT2D eigenvalue weighted by Crippen LogP contribution is 2.18. The number of hydrogen-bond acceptors (Lipinski definition) is 9. The summed E-state index contributed by atoms with van der Waals surface area (Å²) in [5.74, 6) is -4.52. The number of hydrogen-bond donors (Lipinski definition) is 3. The SMILES string of the molecule is O=C(O)C[C@@](O)(CC(=O)O[C@@H](CO/N=C(\Cl)c1ccc[n+]([O-])c1)CN1CCCCC1)C(=O)O. The van der Waals surface area contributed by atoms with E-state index < -0.39 is 42.5 Å². The molecule has 182 valence electrons. The lowest BCUT2D eigenvalue weighted by molar-refractivity contribution is -0.605. The number of oxime groups is 1. The number of nitrogens with zero attached hydrogens (tertiary/aromatic N) is 3. The number of rotatable bonds is 12. The predicted molar refractivity (Wildman–Crippen MR) is 113 cm³/mol. The third-order valence-corrected chi connectivity index (χ3v) is 5.19. The Morgan fingerprint density at radius 1 is 1.24 bits per heavy atom. The molecule has 0 radical (unpaired) electrons. The van der Waals surface area contributed by atoms with E-state index in [0.29, 0.717) is 10.3 Å². The molecule has 1 aliphatic rings. The Morgan fingerprint density at radius 3 is 2.55 bits per heavy atom. The zero-order chi connectivity index (χ0) is 24.4. The third kappa shape index (κ3) is 8.83. The van der Waals surface area contributed by atoms with Crippen molar-refractivity contribution in [1.29, 1.82) is 0 Å². The van der Waals surface area contributed by atoms with E-state index in [-0.39, 0.29) is 18.3 Å². The van der Waals surface area contributed by atoms with Crippen LogP contribution in [0, 0.1) is 5.21 Å². The lowest BCUT2D eigenvalue weighted by Gasteiger charge is -2.30. The van der Waals surface area contributed by atoms with Gasteiger partial charge in [0.25, 0.3) is 0 Å². The molecule has 1 aromatic heterocycles. The monoisotopic (exact) mass is 487 g/mol. The average Bonchev–Trinajstić information content (AvgIpc) is 2.73.